The maximum atomic E-state index is 2.69. The van der Waals surface area contributed by atoms with Crippen molar-refractivity contribution in [3.8, 4) is 56.4 Å². The number of aromatic nitrogens is 6. The molecule has 0 unspecified atom stereocenters. The highest BCUT2D eigenvalue weighted by Gasteiger charge is 2.55. The van der Waals surface area contributed by atoms with E-state index in [1.54, 1.807) is 0 Å². The number of rotatable bonds is 4. The number of hydrogen-bond acceptors (Lipinski definition) is 2. The molecule has 0 saturated carbocycles. The van der Waals surface area contributed by atoms with Gasteiger partial charge in [-0.2, -0.15) is 0 Å². The average Bonchev–Trinajstić information content (AvgIpc) is 1.50. The van der Waals surface area contributed by atoms with Crippen LogP contribution >= 0.6 is 23.5 Å². The molecule has 2 aliphatic carbocycles. The van der Waals surface area contributed by atoms with Crippen LogP contribution in [0.5, 0.6) is 0 Å². The summed E-state index contributed by atoms with van der Waals surface area (Å²) in [7, 11) is 0. The summed E-state index contributed by atoms with van der Waals surface area (Å²) in [5.41, 5.74) is 39.8. The van der Waals surface area contributed by atoms with Gasteiger partial charge in [-0.3, -0.25) is 0 Å². The van der Waals surface area contributed by atoms with Gasteiger partial charge in [0.25, 0.3) is 0 Å². The molecule has 119 heavy (non-hydrogen) atoms. The molecule has 6 aromatic heterocycles. The highest BCUT2D eigenvalue weighted by Crippen LogP contribution is 2.64. The summed E-state index contributed by atoms with van der Waals surface area (Å²) < 4.78 is 15.3. The molecule has 0 fully saturated rings. The predicted octanol–water partition coefficient (Wildman–Crippen LogP) is 23.2. The minimum absolute atomic E-state index is 0.0699. The van der Waals surface area contributed by atoms with Crippen molar-refractivity contribution in [3.63, 3.8) is 0 Å². The summed E-state index contributed by atoms with van der Waals surface area (Å²) in [6, 6.07) is 140. The molecule has 30 rings (SSSR count). The Balaban J connectivity index is 0.652. The van der Waals surface area contributed by atoms with E-state index in [2.05, 4.69) is 391 Å². The number of nitrogens with zero attached hydrogens (tertiary/aromatic N) is 6. The molecule has 0 amide bonds. The fourth-order valence-corrected chi connectivity index (χ4v) is 26.3. The van der Waals surface area contributed by atoms with E-state index in [1.807, 2.05) is 23.5 Å². The maximum Gasteiger partial charge on any atom is 0.249 e. The lowest BCUT2D eigenvalue weighted by molar-refractivity contribution is 0.789. The first-order valence-electron chi connectivity index (χ1n) is 41.4. The standard InChI is InChI=1S/C109H60B2N6S2/c1-11-35-81-65(23-1)77-57-87-101(118-103-55-63(114-93-43-17-7-29-71(93)72-30-8-18-44-94(72)114)53-99-105(103)110(87)85-37-21-33-75-79-51-61(47-49-97(79)116(99)107(75)85)112-89-39-13-3-25-67(89)68-26-4-14-40-90(68)112)59-83(77)109(81)82-36-12-2-24-66(82)78-58-88-102(60-84(78)109)119-104-56-64(115-95-45-19-9-31-73(95)74-32-10-20-46-96(74)115)54-100-106(104)111(88)86-38-22-34-76-80-52-62(48-50-98(80)117(100)108(76)86)113-91-41-15-5-27-69(91)70-28-6-16-42-92(70)113/h1-60H. The minimum Gasteiger partial charge on any atom is -0.310 e. The topological polar surface area (TPSA) is 29.6 Å². The molecule has 10 heterocycles. The molecule has 0 atom stereocenters. The van der Waals surface area contributed by atoms with Crippen molar-refractivity contribution in [1.29, 1.82) is 0 Å². The zero-order valence-electron chi connectivity index (χ0n) is 63.8. The molecular formula is C109H60B2N6S2. The first-order valence-corrected chi connectivity index (χ1v) is 43.1. The van der Waals surface area contributed by atoms with Crippen molar-refractivity contribution < 1.29 is 0 Å². The van der Waals surface area contributed by atoms with Crippen molar-refractivity contribution in [3.05, 3.63) is 386 Å². The van der Waals surface area contributed by atoms with Gasteiger partial charge in [-0.1, -0.05) is 277 Å². The van der Waals surface area contributed by atoms with E-state index in [0.717, 1.165) is 22.7 Å². The molecule has 4 aliphatic heterocycles. The largest absolute Gasteiger partial charge is 0.310 e. The van der Waals surface area contributed by atoms with Crippen LogP contribution in [-0.4, -0.2) is 40.8 Å². The van der Waals surface area contributed by atoms with Gasteiger partial charge >= 0.3 is 0 Å². The van der Waals surface area contributed by atoms with Gasteiger partial charge in [0, 0.05) is 129 Å². The van der Waals surface area contributed by atoms with Crippen LogP contribution < -0.4 is 32.8 Å². The van der Waals surface area contributed by atoms with Crippen LogP contribution in [-0.2, 0) is 5.41 Å². The molecule has 6 nitrogen and oxygen atoms in total. The van der Waals surface area contributed by atoms with E-state index < -0.39 is 5.41 Å². The SMILES string of the molecule is c1ccc2c(c1)-c1cc3c(cc1C21c2ccccc2-c2cc4c(cc21)Sc1cc(-n2c5ccccc5c5ccccc52)cc2c1B4c1cccc4c5cc(-n6c7ccccc7c7ccccc76)ccc5n-2c14)Sc1cc(-n2c4ccccc4c4ccccc42)cc2c1B3c1cccc3c4cc(-n5c6ccccc6c6ccccc65)ccc4n-2c13. The van der Waals surface area contributed by atoms with Gasteiger partial charge in [-0.15, -0.1) is 0 Å². The molecule has 10 heteroatoms. The smallest absolute Gasteiger partial charge is 0.249 e. The Morgan fingerprint density at radius 2 is 0.496 bits per heavy atom. The number of para-hydroxylation sites is 10. The lowest BCUT2D eigenvalue weighted by Gasteiger charge is -2.36. The van der Waals surface area contributed by atoms with Gasteiger partial charge in [-0.05, 0) is 188 Å². The second-order valence-corrected chi connectivity index (χ2v) is 35.7. The van der Waals surface area contributed by atoms with E-state index in [0.29, 0.717) is 0 Å². The third-order valence-electron chi connectivity index (χ3n) is 28.3. The Morgan fingerprint density at radius 1 is 0.193 bits per heavy atom. The Kier molecular flexibility index (Phi) is 11.7. The fraction of sp³-hybridized carbons (Fsp3) is 0.00917. The van der Waals surface area contributed by atoms with Crippen LogP contribution in [0.2, 0.25) is 0 Å². The second-order valence-electron chi connectivity index (χ2n) is 33.6. The number of hydrogen-bond donors (Lipinski definition) is 0. The normalized spacial score (nSPS) is 14.0. The molecule has 24 aromatic rings. The lowest BCUT2D eigenvalue weighted by atomic mass is 9.35. The Bertz CT molecular complexity index is 8210. The van der Waals surface area contributed by atoms with E-state index in [1.165, 1.54) is 239 Å². The summed E-state index contributed by atoms with van der Waals surface area (Å²) in [6.07, 6.45) is 0. The molecule has 6 aliphatic rings. The average molecular weight is 1540 g/mol. The Labute approximate surface area is 690 Å². The van der Waals surface area contributed by atoms with Gasteiger partial charge in [0.1, 0.15) is 0 Å². The van der Waals surface area contributed by atoms with Gasteiger partial charge in [0.15, 0.2) is 0 Å². The first-order chi connectivity index (χ1) is 59.1. The zero-order valence-corrected chi connectivity index (χ0v) is 65.4. The minimum atomic E-state index is -0.657. The highest BCUT2D eigenvalue weighted by atomic mass is 32.2. The molecule has 0 N–H and O–H groups in total. The summed E-state index contributed by atoms with van der Waals surface area (Å²) in [6.45, 7) is -0.140. The fourth-order valence-electron chi connectivity index (χ4n) is 23.8. The maximum absolute atomic E-state index is 2.69. The summed E-state index contributed by atoms with van der Waals surface area (Å²) >= 11 is 3.96. The van der Waals surface area contributed by atoms with Crippen LogP contribution in [0.4, 0.5) is 0 Å². The molecule has 18 aromatic carbocycles. The van der Waals surface area contributed by atoms with Gasteiger partial charge in [0.05, 0.1) is 60.6 Å². The summed E-state index contributed by atoms with van der Waals surface area (Å²) in [5, 5.41) is 15.1. The third kappa shape index (κ3) is 7.66. The molecule has 1 spiro atoms. The Hall–Kier alpha value is -14.4. The third-order valence-corrected chi connectivity index (χ3v) is 30.5. The summed E-state index contributed by atoms with van der Waals surface area (Å²) in [5.74, 6) is 0. The number of fused-ring (bicyclic) bond motifs is 36. The monoisotopic (exact) mass is 1540 g/mol. The van der Waals surface area contributed by atoms with Gasteiger partial charge in [-0.25, -0.2) is 0 Å². The molecule has 0 bridgehead atoms. The number of benzene rings is 18. The molecule has 0 saturated heterocycles. The van der Waals surface area contributed by atoms with Crippen molar-refractivity contribution in [2.45, 2.75) is 25.0 Å². The van der Waals surface area contributed by atoms with E-state index in [9.17, 15) is 0 Å². The quantitative estimate of drug-likeness (QED) is 0.164. The van der Waals surface area contributed by atoms with Crippen LogP contribution in [0.1, 0.15) is 22.3 Å². The first kappa shape index (κ1) is 62.9. The second kappa shape index (κ2) is 22.2. The van der Waals surface area contributed by atoms with Crippen molar-refractivity contribution in [2.75, 3.05) is 0 Å². The zero-order chi connectivity index (χ0) is 76.7. The van der Waals surface area contributed by atoms with E-state index in [-0.39, 0.29) is 13.4 Å². The van der Waals surface area contributed by atoms with Crippen molar-refractivity contribution >= 4 is 201 Å². The summed E-state index contributed by atoms with van der Waals surface area (Å²) in [4.78, 5) is 5.18. The van der Waals surface area contributed by atoms with E-state index in [4.69, 9.17) is 0 Å². The molecule has 544 valence electrons. The predicted molar refractivity (Wildman–Crippen MR) is 499 cm³/mol. The van der Waals surface area contributed by atoms with E-state index >= 15 is 0 Å². The van der Waals surface area contributed by atoms with Crippen LogP contribution in [0.15, 0.2) is 384 Å². The van der Waals surface area contributed by atoms with Gasteiger partial charge < -0.3 is 27.4 Å². The highest BCUT2D eigenvalue weighted by molar-refractivity contribution is 8.00. The lowest BCUT2D eigenvalue weighted by Crippen LogP contribution is -2.59. The van der Waals surface area contributed by atoms with Crippen molar-refractivity contribution in [2.24, 2.45) is 0 Å². The van der Waals surface area contributed by atoms with Crippen LogP contribution in [0, 0.1) is 0 Å². The van der Waals surface area contributed by atoms with Crippen LogP contribution in [0.25, 0.3) is 187 Å². The van der Waals surface area contributed by atoms with Crippen molar-refractivity contribution in [1.82, 2.24) is 27.4 Å². The molecular weight excluding hydrogens is 1480 g/mol. The molecule has 0 radical (unpaired) electrons. The van der Waals surface area contributed by atoms with Gasteiger partial charge in [0.2, 0.25) is 13.4 Å². The van der Waals surface area contributed by atoms with Crippen LogP contribution in [0.3, 0.4) is 0 Å². The Morgan fingerprint density at radius 3 is 0.849 bits per heavy atom.